The summed E-state index contributed by atoms with van der Waals surface area (Å²) in [7, 11) is 0. The number of para-hydroxylation sites is 2. The van der Waals surface area contributed by atoms with E-state index in [0.717, 1.165) is 0 Å². The highest BCUT2D eigenvalue weighted by Gasteiger charge is 2.06. The number of hydrogen-bond acceptors (Lipinski definition) is 4. The van der Waals surface area contributed by atoms with Crippen molar-refractivity contribution in [3.05, 3.63) is 48.2 Å². The Morgan fingerprint density at radius 2 is 2.11 bits per heavy atom. The van der Waals surface area contributed by atoms with Crippen LogP contribution >= 0.6 is 0 Å². The molecule has 2 aromatic rings. The zero-order valence-electron chi connectivity index (χ0n) is 10.5. The van der Waals surface area contributed by atoms with Gasteiger partial charge in [-0.3, -0.25) is 4.79 Å². The van der Waals surface area contributed by atoms with E-state index in [2.05, 4.69) is 10.3 Å². The highest BCUT2D eigenvalue weighted by molar-refractivity contribution is 5.90. The fourth-order valence-corrected chi connectivity index (χ4v) is 1.53. The van der Waals surface area contributed by atoms with Crippen molar-refractivity contribution in [2.45, 2.75) is 13.5 Å². The lowest BCUT2D eigenvalue weighted by molar-refractivity contribution is -0.114. The molecule has 19 heavy (non-hydrogen) atoms. The van der Waals surface area contributed by atoms with E-state index in [-0.39, 0.29) is 12.5 Å². The maximum Gasteiger partial charge on any atom is 0.221 e. The molecule has 0 bridgehead atoms. The van der Waals surface area contributed by atoms with E-state index in [4.69, 9.17) is 9.84 Å². The molecule has 2 rings (SSSR count). The predicted molar refractivity (Wildman–Crippen MR) is 71.0 cm³/mol. The van der Waals surface area contributed by atoms with Crippen LogP contribution in [0.2, 0.25) is 0 Å². The number of aliphatic hydroxyl groups is 1. The maximum atomic E-state index is 11.1. The minimum absolute atomic E-state index is 0.0598. The highest BCUT2D eigenvalue weighted by Crippen LogP contribution is 2.28. The quantitative estimate of drug-likeness (QED) is 0.882. The van der Waals surface area contributed by atoms with Crippen LogP contribution in [-0.4, -0.2) is 16.0 Å². The second kappa shape index (κ2) is 5.97. The fourth-order valence-electron chi connectivity index (χ4n) is 1.53. The van der Waals surface area contributed by atoms with E-state index in [9.17, 15) is 4.79 Å². The molecule has 0 spiro atoms. The number of benzene rings is 1. The zero-order valence-corrected chi connectivity index (χ0v) is 10.5. The third kappa shape index (κ3) is 3.53. The number of hydrogen-bond donors (Lipinski definition) is 2. The molecule has 1 amide bonds. The summed E-state index contributed by atoms with van der Waals surface area (Å²) in [5.74, 6) is 0.747. The van der Waals surface area contributed by atoms with Crippen LogP contribution in [-0.2, 0) is 11.4 Å². The number of ether oxygens (including phenoxy) is 1. The van der Waals surface area contributed by atoms with Crippen LogP contribution in [0.5, 0.6) is 11.6 Å². The number of anilines is 1. The molecule has 0 saturated heterocycles. The fraction of sp³-hybridized carbons (Fsp3) is 0.143. The van der Waals surface area contributed by atoms with Crippen molar-refractivity contribution in [2.75, 3.05) is 5.32 Å². The molecule has 1 aromatic carbocycles. The van der Waals surface area contributed by atoms with Crippen LogP contribution < -0.4 is 10.1 Å². The second-order valence-electron chi connectivity index (χ2n) is 3.94. The van der Waals surface area contributed by atoms with Crippen molar-refractivity contribution < 1.29 is 14.6 Å². The molecular weight excluding hydrogens is 244 g/mol. The van der Waals surface area contributed by atoms with Crippen LogP contribution in [0.4, 0.5) is 5.69 Å². The van der Waals surface area contributed by atoms with Gasteiger partial charge in [-0.1, -0.05) is 12.1 Å². The molecule has 1 heterocycles. The first kappa shape index (κ1) is 13.0. The summed E-state index contributed by atoms with van der Waals surface area (Å²) in [5, 5.41) is 11.6. The third-order valence-electron chi connectivity index (χ3n) is 2.39. The first-order valence-corrected chi connectivity index (χ1v) is 5.79. The molecule has 0 aliphatic heterocycles. The van der Waals surface area contributed by atoms with Gasteiger partial charge in [0.1, 0.15) is 0 Å². The number of carbonyl (C=O) groups is 1. The molecule has 2 N–H and O–H groups in total. The van der Waals surface area contributed by atoms with Crippen molar-refractivity contribution in [3.8, 4) is 11.6 Å². The molecule has 0 aliphatic carbocycles. The van der Waals surface area contributed by atoms with E-state index in [0.29, 0.717) is 22.9 Å². The lowest BCUT2D eigenvalue weighted by Crippen LogP contribution is -2.06. The molecule has 98 valence electrons. The van der Waals surface area contributed by atoms with Crippen molar-refractivity contribution >= 4 is 11.6 Å². The van der Waals surface area contributed by atoms with Gasteiger partial charge in [0.05, 0.1) is 12.3 Å². The van der Waals surface area contributed by atoms with Crippen molar-refractivity contribution in [3.63, 3.8) is 0 Å². The number of rotatable bonds is 4. The van der Waals surface area contributed by atoms with Gasteiger partial charge in [0, 0.05) is 19.2 Å². The van der Waals surface area contributed by atoms with Gasteiger partial charge < -0.3 is 15.2 Å². The number of aromatic nitrogens is 1. The minimum atomic E-state index is -0.167. The summed E-state index contributed by atoms with van der Waals surface area (Å²) in [6.45, 7) is 1.38. The summed E-state index contributed by atoms with van der Waals surface area (Å²) < 4.78 is 5.60. The second-order valence-corrected chi connectivity index (χ2v) is 3.94. The van der Waals surface area contributed by atoms with Crippen molar-refractivity contribution in [1.82, 2.24) is 4.98 Å². The van der Waals surface area contributed by atoms with E-state index in [1.54, 1.807) is 30.3 Å². The first-order chi connectivity index (χ1) is 9.19. The Bertz CT molecular complexity index is 567. The topological polar surface area (TPSA) is 71.5 Å². The minimum Gasteiger partial charge on any atom is -0.437 e. The summed E-state index contributed by atoms with van der Waals surface area (Å²) >= 11 is 0. The van der Waals surface area contributed by atoms with E-state index >= 15 is 0 Å². The average molecular weight is 258 g/mol. The molecule has 0 atom stereocenters. The maximum absolute atomic E-state index is 11.1. The van der Waals surface area contributed by atoms with E-state index in [1.807, 2.05) is 6.07 Å². The molecule has 5 heteroatoms. The summed E-state index contributed by atoms with van der Waals surface area (Å²) in [4.78, 5) is 15.2. The number of nitrogens with one attached hydrogen (secondary N) is 1. The Morgan fingerprint density at radius 1 is 1.32 bits per heavy atom. The SMILES string of the molecule is CC(=O)Nc1ccccc1Oc1ccc(CO)cn1. The Balaban J connectivity index is 2.19. The molecule has 0 unspecified atom stereocenters. The molecule has 1 aromatic heterocycles. The van der Waals surface area contributed by atoms with Crippen LogP contribution in [0.25, 0.3) is 0 Å². The lowest BCUT2D eigenvalue weighted by Gasteiger charge is -2.10. The number of pyridine rings is 1. The number of aliphatic hydroxyl groups excluding tert-OH is 1. The van der Waals surface area contributed by atoms with E-state index < -0.39 is 0 Å². The number of carbonyl (C=O) groups excluding carboxylic acids is 1. The highest BCUT2D eigenvalue weighted by atomic mass is 16.5. The van der Waals surface area contributed by atoms with Gasteiger partial charge in [0.2, 0.25) is 11.8 Å². The third-order valence-corrected chi connectivity index (χ3v) is 2.39. The van der Waals surface area contributed by atoms with Crippen LogP contribution in [0.3, 0.4) is 0 Å². The Morgan fingerprint density at radius 3 is 2.74 bits per heavy atom. The van der Waals surface area contributed by atoms with Crippen molar-refractivity contribution in [2.24, 2.45) is 0 Å². The normalized spacial score (nSPS) is 10.0. The zero-order chi connectivity index (χ0) is 13.7. The van der Waals surface area contributed by atoms with Crippen LogP contribution in [0.15, 0.2) is 42.6 Å². The summed E-state index contributed by atoms with van der Waals surface area (Å²) in [6.07, 6.45) is 1.54. The van der Waals surface area contributed by atoms with Gasteiger partial charge in [-0.25, -0.2) is 4.98 Å². The lowest BCUT2D eigenvalue weighted by atomic mass is 10.3. The summed E-state index contributed by atoms with van der Waals surface area (Å²) in [6, 6.07) is 10.5. The summed E-state index contributed by atoms with van der Waals surface area (Å²) in [5.41, 5.74) is 1.30. The van der Waals surface area contributed by atoms with Gasteiger partial charge in [0.15, 0.2) is 5.75 Å². The first-order valence-electron chi connectivity index (χ1n) is 5.79. The van der Waals surface area contributed by atoms with Gasteiger partial charge >= 0.3 is 0 Å². The van der Waals surface area contributed by atoms with E-state index in [1.165, 1.54) is 13.1 Å². The predicted octanol–water partition coefficient (Wildman–Crippen LogP) is 2.32. The van der Waals surface area contributed by atoms with Crippen molar-refractivity contribution in [1.29, 1.82) is 0 Å². The number of amides is 1. The Hall–Kier alpha value is -2.40. The van der Waals surface area contributed by atoms with Crippen LogP contribution in [0.1, 0.15) is 12.5 Å². The molecule has 5 nitrogen and oxygen atoms in total. The van der Waals surface area contributed by atoms with Gasteiger partial charge in [0.25, 0.3) is 0 Å². The largest absolute Gasteiger partial charge is 0.437 e. The van der Waals surface area contributed by atoms with Gasteiger partial charge in [-0.05, 0) is 23.8 Å². The standard InChI is InChI=1S/C14H14N2O3/c1-10(18)16-12-4-2-3-5-13(12)19-14-7-6-11(9-17)8-15-14/h2-8,17H,9H2,1H3,(H,16,18). The average Bonchev–Trinajstić information content (AvgIpc) is 2.41. The monoisotopic (exact) mass is 258 g/mol. The van der Waals surface area contributed by atoms with Gasteiger partial charge in [-0.15, -0.1) is 0 Å². The molecular formula is C14H14N2O3. The molecule has 0 saturated carbocycles. The molecule has 0 aliphatic rings. The Labute approximate surface area is 110 Å². The number of nitrogens with zero attached hydrogens (tertiary/aromatic N) is 1. The molecule has 0 fully saturated rings. The van der Waals surface area contributed by atoms with Gasteiger partial charge in [-0.2, -0.15) is 0 Å². The Kier molecular flexibility index (Phi) is 4.10. The molecule has 0 radical (unpaired) electrons. The smallest absolute Gasteiger partial charge is 0.221 e. The van der Waals surface area contributed by atoms with Crippen LogP contribution in [0, 0.1) is 0 Å².